The molecule has 0 aromatic carbocycles. The lowest BCUT2D eigenvalue weighted by atomic mass is 9.74. The van der Waals surface area contributed by atoms with Crippen molar-refractivity contribution in [2.45, 2.75) is 58.8 Å². The summed E-state index contributed by atoms with van der Waals surface area (Å²) >= 11 is 0. The summed E-state index contributed by atoms with van der Waals surface area (Å²) in [5, 5.41) is 9.03. The van der Waals surface area contributed by atoms with Crippen molar-refractivity contribution in [3.05, 3.63) is 0 Å². The third kappa shape index (κ3) is 2.99. The second-order valence-electron chi connectivity index (χ2n) is 6.58. The Hall–Kier alpha value is -1.06. The summed E-state index contributed by atoms with van der Waals surface area (Å²) < 4.78 is 0. The van der Waals surface area contributed by atoms with Crippen LogP contribution in [0.3, 0.4) is 0 Å². The Balaban J connectivity index is 1.88. The zero-order chi connectivity index (χ0) is 14.8. The maximum Gasteiger partial charge on any atom is 0.306 e. The standard InChI is InChI=1S/C16H27NO3/c1-3-16(4-2)7-9-17(10-8-16)14(18)12-5-6-13(11-12)15(19)20/h12-13H,3-11H2,1-2H3,(H,19,20)/t12-,13+/m1/s1. The lowest BCUT2D eigenvalue weighted by molar-refractivity contribution is -0.142. The third-order valence-corrected chi connectivity index (χ3v) is 5.77. The van der Waals surface area contributed by atoms with Crippen molar-refractivity contribution in [3.63, 3.8) is 0 Å². The fourth-order valence-corrected chi connectivity index (χ4v) is 3.85. The van der Waals surface area contributed by atoms with E-state index in [4.69, 9.17) is 5.11 Å². The number of hydrogen-bond donors (Lipinski definition) is 1. The Morgan fingerprint density at radius 3 is 2.10 bits per heavy atom. The van der Waals surface area contributed by atoms with Crippen LogP contribution >= 0.6 is 0 Å². The summed E-state index contributed by atoms with van der Waals surface area (Å²) in [7, 11) is 0. The topological polar surface area (TPSA) is 57.6 Å². The van der Waals surface area contributed by atoms with Crippen molar-refractivity contribution < 1.29 is 14.7 Å². The van der Waals surface area contributed by atoms with Gasteiger partial charge in [0.2, 0.25) is 5.91 Å². The van der Waals surface area contributed by atoms with Crippen molar-refractivity contribution in [3.8, 4) is 0 Å². The SMILES string of the molecule is CCC1(CC)CCN(C(=O)[C@@H]2CC[C@H](C(=O)O)C2)CC1. The molecule has 1 aliphatic carbocycles. The van der Waals surface area contributed by atoms with Crippen molar-refractivity contribution in [1.29, 1.82) is 0 Å². The molecular formula is C16H27NO3. The van der Waals surface area contributed by atoms with Crippen LogP contribution in [0.25, 0.3) is 0 Å². The van der Waals surface area contributed by atoms with Crippen LogP contribution in [0.1, 0.15) is 58.8 Å². The fourth-order valence-electron chi connectivity index (χ4n) is 3.85. The first-order chi connectivity index (χ1) is 9.51. The van der Waals surface area contributed by atoms with Gasteiger partial charge in [-0.25, -0.2) is 0 Å². The van der Waals surface area contributed by atoms with E-state index in [1.807, 2.05) is 4.90 Å². The molecule has 2 rings (SSSR count). The lowest BCUT2D eigenvalue weighted by Crippen LogP contribution is -2.44. The number of piperidine rings is 1. The summed E-state index contributed by atoms with van der Waals surface area (Å²) in [4.78, 5) is 25.5. The number of nitrogens with zero attached hydrogens (tertiary/aromatic N) is 1. The van der Waals surface area contributed by atoms with E-state index < -0.39 is 5.97 Å². The molecular weight excluding hydrogens is 254 g/mol. The number of amides is 1. The molecule has 114 valence electrons. The molecule has 0 spiro atoms. The van der Waals surface area contributed by atoms with Crippen LogP contribution in [0.2, 0.25) is 0 Å². The van der Waals surface area contributed by atoms with Gasteiger partial charge in [-0.05, 0) is 37.5 Å². The molecule has 1 aliphatic heterocycles. The van der Waals surface area contributed by atoms with Gasteiger partial charge < -0.3 is 10.0 Å². The molecule has 0 bridgehead atoms. The third-order valence-electron chi connectivity index (χ3n) is 5.77. The maximum atomic E-state index is 12.5. The number of carboxylic acid groups (broad SMARTS) is 1. The molecule has 4 heteroatoms. The number of carbonyl (C=O) groups is 2. The molecule has 2 fully saturated rings. The van der Waals surface area contributed by atoms with Gasteiger partial charge in [0.25, 0.3) is 0 Å². The van der Waals surface area contributed by atoms with Crippen LogP contribution in [0.15, 0.2) is 0 Å². The van der Waals surface area contributed by atoms with E-state index in [-0.39, 0.29) is 17.7 Å². The molecule has 4 nitrogen and oxygen atoms in total. The predicted molar refractivity (Wildman–Crippen MR) is 77.3 cm³/mol. The van der Waals surface area contributed by atoms with Gasteiger partial charge in [0.1, 0.15) is 0 Å². The molecule has 0 aromatic rings. The summed E-state index contributed by atoms with van der Waals surface area (Å²) in [5.41, 5.74) is 0.427. The Labute approximate surface area is 121 Å². The van der Waals surface area contributed by atoms with Gasteiger partial charge in [0.05, 0.1) is 5.92 Å². The van der Waals surface area contributed by atoms with Crippen LogP contribution in [-0.4, -0.2) is 35.0 Å². The quantitative estimate of drug-likeness (QED) is 0.862. The van der Waals surface area contributed by atoms with Crippen LogP contribution in [0, 0.1) is 17.3 Å². The summed E-state index contributed by atoms with van der Waals surface area (Å²) in [6, 6.07) is 0. The average molecular weight is 281 g/mol. The van der Waals surface area contributed by atoms with Crippen LogP contribution in [-0.2, 0) is 9.59 Å². The highest BCUT2D eigenvalue weighted by Crippen LogP contribution is 2.39. The van der Waals surface area contributed by atoms with E-state index in [1.165, 1.54) is 12.8 Å². The smallest absolute Gasteiger partial charge is 0.306 e. The Bertz CT molecular complexity index is 366. The summed E-state index contributed by atoms with van der Waals surface area (Å²) in [6.45, 7) is 6.20. The molecule has 0 radical (unpaired) electrons. The molecule has 2 atom stereocenters. The van der Waals surface area contributed by atoms with Gasteiger partial charge in [-0.3, -0.25) is 9.59 Å². The van der Waals surface area contributed by atoms with Gasteiger partial charge in [0.15, 0.2) is 0 Å². The maximum absolute atomic E-state index is 12.5. The van der Waals surface area contributed by atoms with E-state index in [0.29, 0.717) is 18.3 Å². The van der Waals surface area contributed by atoms with Gasteiger partial charge in [-0.15, -0.1) is 0 Å². The molecule has 0 unspecified atom stereocenters. The number of aliphatic carboxylic acids is 1. The molecule has 2 aliphatic rings. The zero-order valence-electron chi connectivity index (χ0n) is 12.7. The molecule has 1 N–H and O–H groups in total. The van der Waals surface area contributed by atoms with Crippen molar-refractivity contribution in [2.24, 2.45) is 17.3 Å². The largest absolute Gasteiger partial charge is 0.481 e. The van der Waals surface area contributed by atoms with Gasteiger partial charge in [-0.1, -0.05) is 26.7 Å². The van der Waals surface area contributed by atoms with Crippen LogP contribution in [0.5, 0.6) is 0 Å². The number of hydrogen-bond acceptors (Lipinski definition) is 2. The number of rotatable bonds is 4. The molecule has 1 amide bonds. The molecule has 1 heterocycles. The second-order valence-corrected chi connectivity index (χ2v) is 6.58. The Morgan fingerprint density at radius 2 is 1.65 bits per heavy atom. The van der Waals surface area contributed by atoms with Gasteiger partial charge in [0, 0.05) is 19.0 Å². The summed E-state index contributed by atoms with van der Waals surface area (Å²) in [5.74, 6) is -0.893. The van der Waals surface area contributed by atoms with E-state index >= 15 is 0 Å². The minimum absolute atomic E-state index is 0.0492. The molecule has 0 aromatic heterocycles. The zero-order valence-corrected chi connectivity index (χ0v) is 12.7. The Kier molecular flexibility index (Phi) is 4.71. The molecule has 1 saturated carbocycles. The highest BCUT2D eigenvalue weighted by Gasteiger charge is 2.38. The van der Waals surface area contributed by atoms with Crippen molar-refractivity contribution >= 4 is 11.9 Å². The highest BCUT2D eigenvalue weighted by molar-refractivity contribution is 5.81. The second kappa shape index (κ2) is 6.15. The van der Waals surface area contributed by atoms with Crippen molar-refractivity contribution in [1.82, 2.24) is 4.90 Å². The monoisotopic (exact) mass is 281 g/mol. The van der Waals surface area contributed by atoms with Gasteiger partial charge >= 0.3 is 5.97 Å². The van der Waals surface area contributed by atoms with Crippen LogP contribution < -0.4 is 0 Å². The van der Waals surface area contributed by atoms with E-state index in [0.717, 1.165) is 32.4 Å². The fraction of sp³-hybridized carbons (Fsp3) is 0.875. The number of carboxylic acids is 1. The molecule has 1 saturated heterocycles. The average Bonchev–Trinajstić information content (AvgIpc) is 2.96. The predicted octanol–water partition coefficient (Wildman–Crippen LogP) is 2.92. The first-order valence-electron chi connectivity index (χ1n) is 8.03. The Morgan fingerprint density at radius 1 is 1.10 bits per heavy atom. The minimum atomic E-state index is -0.741. The number of likely N-dealkylation sites (tertiary alicyclic amines) is 1. The van der Waals surface area contributed by atoms with Gasteiger partial charge in [-0.2, -0.15) is 0 Å². The van der Waals surface area contributed by atoms with E-state index in [2.05, 4.69) is 13.8 Å². The number of carbonyl (C=O) groups excluding carboxylic acids is 1. The first-order valence-corrected chi connectivity index (χ1v) is 8.03. The highest BCUT2D eigenvalue weighted by atomic mass is 16.4. The van der Waals surface area contributed by atoms with E-state index in [1.54, 1.807) is 0 Å². The van der Waals surface area contributed by atoms with E-state index in [9.17, 15) is 9.59 Å². The molecule has 20 heavy (non-hydrogen) atoms. The van der Waals surface area contributed by atoms with Crippen molar-refractivity contribution in [2.75, 3.05) is 13.1 Å². The normalized spacial score (nSPS) is 29.4. The summed E-state index contributed by atoms with van der Waals surface area (Å²) in [6.07, 6.45) is 6.53. The lowest BCUT2D eigenvalue weighted by Gasteiger charge is -2.41. The minimum Gasteiger partial charge on any atom is -0.481 e. The first kappa shape index (κ1) is 15.3. The van der Waals surface area contributed by atoms with Crippen LogP contribution in [0.4, 0.5) is 0 Å².